The highest BCUT2D eigenvalue weighted by molar-refractivity contribution is 5.73. The average molecular weight is 437 g/mol. The summed E-state index contributed by atoms with van der Waals surface area (Å²) in [4.78, 5) is 36.7. The molecular weight excluding hydrogens is 417 g/mol. The quantitative estimate of drug-likeness (QED) is 0.456. The highest BCUT2D eigenvalue weighted by Gasteiger charge is 2.14. The third-order valence-electron chi connectivity index (χ3n) is 4.86. The van der Waals surface area contributed by atoms with Crippen LogP contribution in [0.25, 0.3) is 16.7 Å². The van der Waals surface area contributed by atoms with Gasteiger partial charge in [-0.2, -0.15) is 4.98 Å². The predicted molar refractivity (Wildman–Crippen MR) is 117 cm³/mol. The van der Waals surface area contributed by atoms with Crippen LogP contribution in [-0.2, 0) is 6.42 Å². The molecule has 10 heteroatoms. The van der Waals surface area contributed by atoms with Crippen molar-refractivity contribution in [3.63, 3.8) is 0 Å². The number of halogens is 1. The third-order valence-corrected chi connectivity index (χ3v) is 4.86. The molecule has 0 saturated carbocycles. The van der Waals surface area contributed by atoms with E-state index in [1.165, 1.54) is 38.6 Å². The molecule has 0 aliphatic carbocycles. The van der Waals surface area contributed by atoms with Crippen LogP contribution < -0.4 is 26.0 Å². The number of aromatic amines is 1. The van der Waals surface area contributed by atoms with E-state index in [1.54, 1.807) is 18.2 Å². The van der Waals surface area contributed by atoms with Crippen molar-refractivity contribution in [2.45, 2.75) is 6.42 Å². The van der Waals surface area contributed by atoms with E-state index in [0.717, 1.165) is 10.1 Å². The van der Waals surface area contributed by atoms with Crippen LogP contribution in [0.4, 0.5) is 10.3 Å². The van der Waals surface area contributed by atoms with Crippen molar-refractivity contribution in [2.75, 3.05) is 26.1 Å². The molecule has 164 valence electrons. The minimum atomic E-state index is -0.654. The smallest absolute Gasteiger partial charge is 0.334 e. The maximum atomic E-state index is 13.3. The Morgan fingerprint density at radius 2 is 1.91 bits per heavy atom. The summed E-state index contributed by atoms with van der Waals surface area (Å²) in [6.45, 7) is 0.446. The van der Waals surface area contributed by atoms with Gasteiger partial charge >= 0.3 is 5.69 Å². The van der Waals surface area contributed by atoms with Crippen LogP contribution in [0.2, 0.25) is 0 Å². The van der Waals surface area contributed by atoms with Gasteiger partial charge in [-0.15, -0.1) is 0 Å². The Morgan fingerprint density at radius 1 is 1.09 bits per heavy atom. The summed E-state index contributed by atoms with van der Waals surface area (Å²) in [6, 6.07) is 11.0. The molecule has 0 amide bonds. The summed E-state index contributed by atoms with van der Waals surface area (Å²) in [5.74, 6) is 0.796. The summed E-state index contributed by atoms with van der Waals surface area (Å²) in [5, 5.41) is 3.16. The second-order valence-corrected chi connectivity index (χ2v) is 6.87. The van der Waals surface area contributed by atoms with Gasteiger partial charge in [-0.05, 0) is 36.2 Å². The second-order valence-electron chi connectivity index (χ2n) is 6.87. The van der Waals surface area contributed by atoms with Crippen molar-refractivity contribution in [3.05, 3.63) is 80.9 Å². The predicted octanol–water partition coefficient (Wildman–Crippen LogP) is 2.28. The van der Waals surface area contributed by atoms with Crippen LogP contribution in [0.1, 0.15) is 5.56 Å². The number of nitrogens with one attached hydrogen (secondary N) is 2. The molecule has 0 bridgehead atoms. The van der Waals surface area contributed by atoms with Crippen LogP contribution in [0.3, 0.4) is 0 Å². The molecule has 2 heterocycles. The first-order valence-corrected chi connectivity index (χ1v) is 9.73. The van der Waals surface area contributed by atoms with Crippen molar-refractivity contribution in [1.82, 2.24) is 19.5 Å². The second kappa shape index (κ2) is 8.88. The van der Waals surface area contributed by atoms with Crippen LogP contribution in [0.15, 0.2) is 58.3 Å². The van der Waals surface area contributed by atoms with E-state index in [1.807, 2.05) is 6.07 Å². The van der Waals surface area contributed by atoms with Crippen molar-refractivity contribution >= 4 is 17.0 Å². The molecule has 0 atom stereocenters. The SMILES string of the molecule is COc1ccc(-n2c(=O)[nH]c3nc(NCCc4cccc(F)c4)ncc3c2=O)cc1OC. The minimum absolute atomic E-state index is 0.111. The molecule has 0 unspecified atom stereocenters. The number of ether oxygens (including phenoxy) is 2. The fraction of sp³-hybridized carbons (Fsp3) is 0.182. The van der Waals surface area contributed by atoms with Crippen molar-refractivity contribution < 1.29 is 13.9 Å². The molecule has 4 aromatic rings. The molecule has 2 aromatic heterocycles. The number of methoxy groups -OCH3 is 2. The average Bonchev–Trinajstić information content (AvgIpc) is 2.79. The summed E-state index contributed by atoms with van der Waals surface area (Å²) in [5.41, 5.74) is 0.0268. The van der Waals surface area contributed by atoms with Gasteiger partial charge in [-0.3, -0.25) is 9.78 Å². The van der Waals surface area contributed by atoms with Crippen molar-refractivity contribution in [2.24, 2.45) is 0 Å². The Morgan fingerprint density at radius 3 is 2.66 bits per heavy atom. The molecule has 32 heavy (non-hydrogen) atoms. The summed E-state index contributed by atoms with van der Waals surface area (Å²) in [7, 11) is 2.96. The van der Waals surface area contributed by atoms with E-state index in [2.05, 4.69) is 20.3 Å². The zero-order valence-electron chi connectivity index (χ0n) is 17.4. The molecule has 4 rings (SSSR count). The Balaban J connectivity index is 1.62. The lowest BCUT2D eigenvalue weighted by atomic mass is 10.1. The maximum Gasteiger partial charge on any atom is 0.334 e. The molecule has 0 saturated heterocycles. The minimum Gasteiger partial charge on any atom is -0.493 e. The lowest BCUT2D eigenvalue weighted by Crippen LogP contribution is -2.34. The maximum absolute atomic E-state index is 13.3. The number of fused-ring (bicyclic) bond motifs is 1. The zero-order valence-corrected chi connectivity index (χ0v) is 17.4. The number of hydrogen-bond acceptors (Lipinski definition) is 7. The first-order valence-electron chi connectivity index (χ1n) is 9.73. The number of rotatable bonds is 7. The van der Waals surface area contributed by atoms with Crippen molar-refractivity contribution in [1.29, 1.82) is 0 Å². The third kappa shape index (κ3) is 4.15. The van der Waals surface area contributed by atoms with Gasteiger partial charge in [-0.1, -0.05) is 12.1 Å². The number of benzene rings is 2. The first kappa shape index (κ1) is 21.0. The topological polar surface area (TPSA) is 111 Å². The van der Waals surface area contributed by atoms with Crippen LogP contribution in [-0.4, -0.2) is 40.3 Å². The molecular formula is C22H20FN5O4. The Kier molecular flexibility index (Phi) is 5.84. The van der Waals surface area contributed by atoms with Gasteiger partial charge in [0.15, 0.2) is 17.1 Å². The number of hydrogen-bond donors (Lipinski definition) is 2. The first-order chi connectivity index (χ1) is 15.5. The molecule has 0 aliphatic heterocycles. The van der Waals surface area contributed by atoms with Gasteiger partial charge < -0.3 is 14.8 Å². The number of aromatic nitrogens is 4. The van der Waals surface area contributed by atoms with Gasteiger partial charge in [0.2, 0.25) is 5.95 Å². The zero-order chi connectivity index (χ0) is 22.7. The normalized spacial score (nSPS) is 10.8. The Labute approximate surface area is 181 Å². The summed E-state index contributed by atoms with van der Waals surface area (Å²) >= 11 is 0. The number of H-pyrrole nitrogens is 1. The van der Waals surface area contributed by atoms with E-state index in [4.69, 9.17) is 9.47 Å². The number of anilines is 1. The van der Waals surface area contributed by atoms with Gasteiger partial charge in [0.1, 0.15) is 11.2 Å². The van der Waals surface area contributed by atoms with Gasteiger partial charge in [0.25, 0.3) is 5.56 Å². The fourth-order valence-electron chi connectivity index (χ4n) is 3.30. The highest BCUT2D eigenvalue weighted by atomic mass is 19.1. The van der Waals surface area contributed by atoms with E-state index in [9.17, 15) is 14.0 Å². The molecule has 2 N–H and O–H groups in total. The summed E-state index contributed by atoms with van der Waals surface area (Å²) < 4.78 is 24.7. The van der Waals surface area contributed by atoms with Crippen molar-refractivity contribution in [3.8, 4) is 17.2 Å². The molecule has 2 aromatic carbocycles. The van der Waals surface area contributed by atoms with Gasteiger partial charge in [0, 0.05) is 18.8 Å². The van der Waals surface area contributed by atoms with Crippen LogP contribution in [0, 0.1) is 5.82 Å². The standard InChI is InChI=1S/C22H20FN5O4/c1-31-17-7-6-15(11-18(17)32-2)28-20(29)16-12-25-21(26-19(16)27-22(28)30)24-9-8-13-4-3-5-14(23)10-13/h3-7,10-12H,8-9H2,1-2H3,(H2,24,25,26,27,30). The molecule has 0 spiro atoms. The lowest BCUT2D eigenvalue weighted by molar-refractivity contribution is 0.355. The summed E-state index contributed by atoms with van der Waals surface area (Å²) in [6.07, 6.45) is 1.90. The Bertz CT molecular complexity index is 1400. The molecule has 0 fully saturated rings. The largest absolute Gasteiger partial charge is 0.493 e. The van der Waals surface area contributed by atoms with Gasteiger partial charge in [0.05, 0.1) is 19.9 Å². The lowest BCUT2D eigenvalue weighted by Gasteiger charge is -2.11. The van der Waals surface area contributed by atoms with Crippen LogP contribution >= 0.6 is 0 Å². The Hall–Kier alpha value is -4.21. The van der Waals surface area contributed by atoms with E-state index >= 15 is 0 Å². The van der Waals surface area contributed by atoms with E-state index < -0.39 is 11.2 Å². The van der Waals surface area contributed by atoms with Gasteiger partial charge in [-0.25, -0.2) is 18.7 Å². The van der Waals surface area contributed by atoms with E-state index in [-0.39, 0.29) is 22.8 Å². The monoisotopic (exact) mass is 437 g/mol. The molecule has 0 radical (unpaired) electrons. The molecule has 9 nitrogen and oxygen atoms in total. The fourth-order valence-corrected chi connectivity index (χ4v) is 3.30. The number of nitrogens with zero attached hydrogens (tertiary/aromatic N) is 3. The highest BCUT2D eigenvalue weighted by Crippen LogP contribution is 2.28. The molecule has 0 aliphatic rings. The van der Waals surface area contributed by atoms with E-state index in [0.29, 0.717) is 30.2 Å². The van der Waals surface area contributed by atoms with Crippen LogP contribution in [0.5, 0.6) is 11.5 Å².